The van der Waals surface area contributed by atoms with Gasteiger partial charge in [0.05, 0.1) is 11.5 Å². The van der Waals surface area contributed by atoms with Gasteiger partial charge in [-0.25, -0.2) is 0 Å². The van der Waals surface area contributed by atoms with Crippen molar-refractivity contribution in [1.82, 2.24) is 5.32 Å². The van der Waals surface area contributed by atoms with Gasteiger partial charge < -0.3 is 10.1 Å². The Kier molecular flexibility index (Phi) is 6.02. The molecule has 0 spiro atoms. The zero-order valence-corrected chi connectivity index (χ0v) is 14.6. The molecule has 25 heavy (non-hydrogen) atoms. The molecule has 2 aromatic rings. The minimum absolute atomic E-state index is 0.0513. The van der Waals surface area contributed by atoms with Crippen LogP contribution < -0.4 is 15.4 Å². The van der Waals surface area contributed by atoms with E-state index in [1.165, 1.54) is 12.1 Å². The Labute approximate surface area is 150 Å². The van der Waals surface area contributed by atoms with Crippen LogP contribution in [0.25, 0.3) is 0 Å². The summed E-state index contributed by atoms with van der Waals surface area (Å²) in [5.74, 6) is 0.186. The number of benzene rings is 2. The van der Waals surface area contributed by atoms with Crippen molar-refractivity contribution >= 4 is 34.6 Å². The SMILES string of the molecule is CCOc1cccc(C(=O)NC(=S)Nc2cc([N+](=O)[O-])ccc2C)c1. The Morgan fingerprint density at radius 1 is 1.28 bits per heavy atom. The number of ether oxygens (including phenoxy) is 1. The summed E-state index contributed by atoms with van der Waals surface area (Å²) < 4.78 is 5.36. The summed E-state index contributed by atoms with van der Waals surface area (Å²) in [5, 5.41) is 16.3. The summed E-state index contributed by atoms with van der Waals surface area (Å²) >= 11 is 5.12. The molecule has 0 radical (unpaired) electrons. The second kappa shape index (κ2) is 8.20. The summed E-state index contributed by atoms with van der Waals surface area (Å²) in [6.07, 6.45) is 0. The van der Waals surface area contributed by atoms with Gasteiger partial charge in [0.15, 0.2) is 5.11 Å². The van der Waals surface area contributed by atoms with E-state index in [4.69, 9.17) is 17.0 Å². The van der Waals surface area contributed by atoms with Crippen molar-refractivity contribution in [3.63, 3.8) is 0 Å². The van der Waals surface area contributed by atoms with E-state index in [-0.39, 0.29) is 10.8 Å². The zero-order chi connectivity index (χ0) is 18.4. The van der Waals surface area contributed by atoms with E-state index in [2.05, 4.69) is 10.6 Å². The molecule has 0 unspecified atom stereocenters. The number of carbonyl (C=O) groups is 1. The highest BCUT2D eigenvalue weighted by Crippen LogP contribution is 2.21. The molecule has 2 rings (SSSR count). The number of nitro benzene ring substituents is 1. The van der Waals surface area contributed by atoms with Crippen LogP contribution in [-0.4, -0.2) is 22.5 Å². The fourth-order valence-electron chi connectivity index (χ4n) is 2.08. The van der Waals surface area contributed by atoms with E-state index < -0.39 is 10.8 Å². The first-order chi connectivity index (χ1) is 11.9. The Morgan fingerprint density at radius 3 is 2.72 bits per heavy atom. The van der Waals surface area contributed by atoms with Crippen molar-refractivity contribution in [2.75, 3.05) is 11.9 Å². The molecular formula is C17H17N3O4S. The number of anilines is 1. The van der Waals surface area contributed by atoms with Crippen LogP contribution in [-0.2, 0) is 0 Å². The summed E-state index contributed by atoms with van der Waals surface area (Å²) in [7, 11) is 0. The van der Waals surface area contributed by atoms with Crippen molar-refractivity contribution in [2.45, 2.75) is 13.8 Å². The van der Waals surface area contributed by atoms with Gasteiger partial charge in [0.1, 0.15) is 5.75 Å². The van der Waals surface area contributed by atoms with Gasteiger partial charge in [-0.2, -0.15) is 0 Å². The van der Waals surface area contributed by atoms with E-state index in [0.717, 1.165) is 5.56 Å². The van der Waals surface area contributed by atoms with Gasteiger partial charge in [0.2, 0.25) is 0 Å². The van der Waals surface area contributed by atoms with E-state index in [0.29, 0.717) is 23.6 Å². The smallest absolute Gasteiger partial charge is 0.271 e. The zero-order valence-electron chi connectivity index (χ0n) is 13.7. The molecule has 0 saturated carbocycles. The number of nitrogens with one attached hydrogen (secondary N) is 2. The van der Waals surface area contributed by atoms with Crippen molar-refractivity contribution < 1.29 is 14.5 Å². The standard InChI is InChI=1S/C17H17N3O4S/c1-3-24-14-6-4-5-12(9-14)16(21)19-17(25)18-15-10-13(20(22)23)8-7-11(15)2/h4-10H,3H2,1-2H3,(H2,18,19,21,25). The summed E-state index contributed by atoms with van der Waals surface area (Å²) in [5.41, 5.74) is 1.56. The van der Waals surface area contributed by atoms with Crippen molar-refractivity contribution in [2.24, 2.45) is 0 Å². The minimum Gasteiger partial charge on any atom is -0.494 e. The predicted octanol–water partition coefficient (Wildman–Crippen LogP) is 3.43. The number of hydrogen-bond acceptors (Lipinski definition) is 5. The second-order valence-corrected chi connectivity index (χ2v) is 5.53. The Morgan fingerprint density at radius 2 is 2.04 bits per heavy atom. The number of non-ortho nitro benzene ring substituents is 1. The fourth-order valence-corrected chi connectivity index (χ4v) is 2.28. The third kappa shape index (κ3) is 4.98. The number of nitro groups is 1. The number of hydrogen-bond donors (Lipinski definition) is 2. The van der Waals surface area contributed by atoms with Crippen molar-refractivity contribution in [3.05, 3.63) is 63.7 Å². The molecule has 2 aromatic carbocycles. The number of nitrogens with zero attached hydrogens (tertiary/aromatic N) is 1. The van der Waals surface area contributed by atoms with E-state index in [9.17, 15) is 14.9 Å². The van der Waals surface area contributed by atoms with Gasteiger partial charge in [0.25, 0.3) is 11.6 Å². The third-order valence-electron chi connectivity index (χ3n) is 3.31. The van der Waals surface area contributed by atoms with Gasteiger partial charge in [0, 0.05) is 23.4 Å². The molecule has 0 aromatic heterocycles. The molecule has 2 N–H and O–H groups in total. The van der Waals surface area contributed by atoms with Gasteiger partial charge in [-0.3, -0.25) is 20.2 Å². The topological polar surface area (TPSA) is 93.5 Å². The number of thiocarbonyl (C=S) groups is 1. The summed E-state index contributed by atoms with van der Waals surface area (Å²) in [6.45, 7) is 4.13. The molecule has 1 amide bonds. The van der Waals surface area contributed by atoms with Crippen molar-refractivity contribution in [3.8, 4) is 5.75 Å². The highest BCUT2D eigenvalue weighted by molar-refractivity contribution is 7.80. The number of aryl methyl sites for hydroxylation is 1. The third-order valence-corrected chi connectivity index (χ3v) is 3.52. The highest BCUT2D eigenvalue weighted by Gasteiger charge is 2.12. The molecular weight excluding hydrogens is 342 g/mol. The highest BCUT2D eigenvalue weighted by atomic mass is 32.1. The molecule has 0 aliphatic rings. The van der Waals surface area contributed by atoms with Crippen LogP contribution in [0.3, 0.4) is 0 Å². The lowest BCUT2D eigenvalue weighted by atomic mass is 10.2. The van der Waals surface area contributed by atoms with Crippen LogP contribution in [0.5, 0.6) is 5.75 Å². The van der Waals surface area contributed by atoms with Crippen LogP contribution in [0.4, 0.5) is 11.4 Å². The first kappa shape index (κ1) is 18.3. The molecule has 130 valence electrons. The van der Waals surface area contributed by atoms with E-state index >= 15 is 0 Å². The predicted molar refractivity (Wildman–Crippen MR) is 99.1 cm³/mol. The van der Waals surface area contributed by atoms with Crippen LogP contribution >= 0.6 is 12.2 Å². The summed E-state index contributed by atoms with van der Waals surface area (Å²) in [6, 6.07) is 11.1. The Bertz CT molecular complexity index is 823. The van der Waals surface area contributed by atoms with E-state index in [1.807, 2.05) is 6.92 Å². The Hall–Kier alpha value is -3.00. The monoisotopic (exact) mass is 359 g/mol. The lowest BCUT2D eigenvalue weighted by Gasteiger charge is -2.12. The number of carbonyl (C=O) groups excluding carboxylic acids is 1. The van der Waals surface area contributed by atoms with Crippen LogP contribution in [0, 0.1) is 17.0 Å². The minimum atomic E-state index is -0.495. The number of amides is 1. The van der Waals surface area contributed by atoms with Gasteiger partial charge in [-0.1, -0.05) is 12.1 Å². The molecule has 0 heterocycles. The van der Waals surface area contributed by atoms with E-state index in [1.54, 1.807) is 37.3 Å². The maximum atomic E-state index is 12.3. The second-order valence-electron chi connectivity index (χ2n) is 5.13. The van der Waals surface area contributed by atoms with Gasteiger partial charge >= 0.3 is 0 Å². The maximum Gasteiger partial charge on any atom is 0.271 e. The molecule has 8 heteroatoms. The summed E-state index contributed by atoms with van der Waals surface area (Å²) in [4.78, 5) is 22.6. The van der Waals surface area contributed by atoms with Gasteiger partial charge in [-0.15, -0.1) is 0 Å². The molecule has 0 bridgehead atoms. The van der Waals surface area contributed by atoms with Crippen molar-refractivity contribution in [1.29, 1.82) is 0 Å². The quantitative estimate of drug-likeness (QED) is 0.483. The average molecular weight is 359 g/mol. The molecule has 0 aliphatic heterocycles. The van der Waals surface area contributed by atoms with Gasteiger partial charge in [-0.05, 0) is 49.8 Å². The van der Waals surface area contributed by atoms with Crippen LogP contribution in [0.1, 0.15) is 22.8 Å². The average Bonchev–Trinajstić information content (AvgIpc) is 2.57. The largest absolute Gasteiger partial charge is 0.494 e. The lowest BCUT2D eigenvalue weighted by Crippen LogP contribution is -2.34. The molecule has 0 aliphatic carbocycles. The normalized spacial score (nSPS) is 10.0. The first-order valence-electron chi connectivity index (χ1n) is 7.51. The first-order valence-corrected chi connectivity index (χ1v) is 7.91. The van der Waals surface area contributed by atoms with Crippen LogP contribution in [0.2, 0.25) is 0 Å². The Balaban J connectivity index is 2.07. The molecule has 0 atom stereocenters. The molecule has 0 fully saturated rings. The number of rotatable bonds is 5. The van der Waals surface area contributed by atoms with Crippen LogP contribution in [0.15, 0.2) is 42.5 Å². The fraction of sp³-hybridized carbons (Fsp3) is 0.176. The molecule has 7 nitrogen and oxygen atoms in total. The molecule has 0 saturated heterocycles. The maximum absolute atomic E-state index is 12.3. The lowest BCUT2D eigenvalue weighted by molar-refractivity contribution is -0.384.